The molecule has 0 aliphatic heterocycles. The molecule has 0 N–H and O–H groups in total. The van der Waals surface area contributed by atoms with Gasteiger partial charge in [-0.15, -0.1) is 0 Å². The number of hydrogen-bond donors (Lipinski definition) is 0. The van der Waals surface area contributed by atoms with Crippen LogP contribution in [0.5, 0.6) is 5.75 Å². The zero-order chi connectivity index (χ0) is 19.9. The van der Waals surface area contributed by atoms with Crippen LogP contribution in [0.1, 0.15) is 21.5 Å². The number of carbonyl (C=O) groups excluding carboxylic acids is 1. The Labute approximate surface area is 167 Å². The number of methoxy groups -OCH3 is 1. The van der Waals surface area contributed by atoms with Crippen LogP contribution in [0.25, 0.3) is 0 Å². The third kappa shape index (κ3) is 4.92. The molecule has 0 aliphatic rings. The van der Waals surface area contributed by atoms with Gasteiger partial charge < -0.3 is 14.5 Å². The van der Waals surface area contributed by atoms with E-state index in [2.05, 4.69) is 29.2 Å². The number of hydrogen-bond acceptors (Lipinski definition) is 3. The average molecular weight is 374 g/mol. The van der Waals surface area contributed by atoms with Crippen molar-refractivity contribution in [1.29, 1.82) is 0 Å². The maximum atomic E-state index is 13.2. The van der Waals surface area contributed by atoms with Gasteiger partial charge in [0.05, 0.1) is 7.11 Å². The molecule has 3 aromatic carbocycles. The van der Waals surface area contributed by atoms with E-state index >= 15 is 0 Å². The third-order valence-corrected chi connectivity index (χ3v) is 4.67. The first kappa shape index (κ1) is 19.5. The highest BCUT2D eigenvalue weighted by Crippen LogP contribution is 2.19. The normalized spacial score (nSPS) is 10.4. The number of carbonyl (C=O) groups is 1. The van der Waals surface area contributed by atoms with Crippen molar-refractivity contribution in [2.24, 2.45) is 0 Å². The Morgan fingerprint density at radius 3 is 1.89 bits per heavy atom. The summed E-state index contributed by atoms with van der Waals surface area (Å²) in [6, 6.07) is 25.6. The summed E-state index contributed by atoms with van der Waals surface area (Å²) in [6.07, 6.45) is 0. The number of nitrogens with zero attached hydrogens (tertiary/aromatic N) is 2. The zero-order valence-corrected chi connectivity index (χ0v) is 16.6. The molecule has 0 atom stereocenters. The Bertz CT molecular complexity index is 888. The standard InChI is InChI=1S/C24H26N2O2/c1-25(2)22-13-9-20(10-14-22)18-26(17-19-7-5-4-6-8-19)24(27)21-11-15-23(28-3)16-12-21/h4-16H,17-18H2,1-3H3. The molecule has 4 nitrogen and oxygen atoms in total. The zero-order valence-electron chi connectivity index (χ0n) is 16.6. The molecule has 0 spiro atoms. The van der Waals surface area contributed by atoms with E-state index in [9.17, 15) is 4.79 Å². The van der Waals surface area contributed by atoms with E-state index in [-0.39, 0.29) is 5.91 Å². The SMILES string of the molecule is COc1ccc(C(=O)N(Cc2ccccc2)Cc2ccc(N(C)C)cc2)cc1. The average Bonchev–Trinajstić information content (AvgIpc) is 2.74. The summed E-state index contributed by atoms with van der Waals surface area (Å²) in [5.74, 6) is 0.744. The number of anilines is 1. The first-order valence-corrected chi connectivity index (χ1v) is 9.30. The number of rotatable bonds is 7. The van der Waals surface area contributed by atoms with Crippen molar-refractivity contribution < 1.29 is 9.53 Å². The smallest absolute Gasteiger partial charge is 0.254 e. The fourth-order valence-corrected chi connectivity index (χ4v) is 3.04. The maximum Gasteiger partial charge on any atom is 0.254 e. The first-order chi connectivity index (χ1) is 13.6. The summed E-state index contributed by atoms with van der Waals surface area (Å²) >= 11 is 0. The second kappa shape index (κ2) is 9.09. The van der Waals surface area contributed by atoms with Gasteiger partial charge in [-0.1, -0.05) is 42.5 Å². The quantitative estimate of drug-likeness (QED) is 0.606. The Kier molecular flexibility index (Phi) is 6.33. The van der Waals surface area contributed by atoms with E-state index < -0.39 is 0 Å². The van der Waals surface area contributed by atoms with Crippen LogP contribution >= 0.6 is 0 Å². The Morgan fingerprint density at radius 1 is 0.786 bits per heavy atom. The fraction of sp³-hybridized carbons (Fsp3) is 0.208. The van der Waals surface area contributed by atoms with Crippen LogP contribution in [-0.2, 0) is 13.1 Å². The Morgan fingerprint density at radius 2 is 1.36 bits per heavy atom. The highest BCUT2D eigenvalue weighted by molar-refractivity contribution is 5.94. The van der Waals surface area contributed by atoms with Crippen LogP contribution < -0.4 is 9.64 Å². The monoisotopic (exact) mass is 374 g/mol. The van der Waals surface area contributed by atoms with Gasteiger partial charge in [0.1, 0.15) is 5.75 Å². The summed E-state index contributed by atoms with van der Waals surface area (Å²) in [5, 5.41) is 0. The summed E-state index contributed by atoms with van der Waals surface area (Å²) in [6.45, 7) is 1.11. The van der Waals surface area contributed by atoms with Crippen molar-refractivity contribution in [1.82, 2.24) is 4.90 Å². The molecule has 0 aliphatic carbocycles. The number of ether oxygens (including phenoxy) is 1. The molecule has 0 heterocycles. The summed E-state index contributed by atoms with van der Waals surface area (Å²) in [4.78, 5) is 17.1. The van der Waals surface area contributed by atoms with Crippen molar-refractivity contribution in [3.63, 3.8) is 0 Å². The predicted molar refractivity (Wildman–Crippen MR) is 114 cm³/mol. The summed E-state index contributed by atoms with van der Waals surface area (Å²) in [7, 11) is 5.66. The molecule has 144 valence electrons. The summed E-state index contributed by atoms with van der Waals surface area (Å²) in [5.41, 5.74) is 4.00. The molecule has 4 heteroatoms. The molecular formula is C24H26N2O2. The minimum atomic E-state index is 0.00296. The van der Waals surface area contributed by atoms with Gasteiger partial charge in [-0.2, -0.15) is 0 Å². The number of amides is 1. The summed E-state index contributed by atoms with van der Waals surface area (Å²) < 4.78 is 5.20. The molecule has 3 aromatic rings. The van der Waals surface area contributed by atoms with E-state index in [1.54, 1.807) is 7.11 Å². The third-order valence-electron chi connectivity index (χ3n) is 4.67. The molecule has 0 bridgehead atoms. The van der Waals surface area contributed by atoms with E-state index in [4.69, 9.17) is 4.74 Å². The highest BCUT2D eigenvalue weighted by Gasteiger charge is 2.17. The van der Waals surface area contributed by atoms with Crippen molar-refractivity contribution in [2.75, 3.05) is 26.1 Å². The molecule has 0 radical (unpaired) electrons. The van der Waals surface area contributed by atoms with Crippen molar-refractivity contribution in [3.05, 3.63) is 95.6 Å². The lowest BCUT2D eigenvalue weighted by molar-refractivity contribution is 0.0730. The van der Waals surface area contributed by atoms with Gasteiger partial charge in [-0.05, 0) is 47.5 Å². The van der Waals surface area contributed by atoms with Crippen LogP contribution in [-0.4, -0.2) is 32.0 Å². The van der Waals surface area contributed by atoms with Crippen molar-refractivity contribution in [2.45, 2.75) is 13.1 Å². The molecule has 0 unspecified atom stereocenters. The van der Waals surface area contributed by atoms with Gasteiger partial charge in [0, 0.05) is 38.4 Å². The maximum absolute atomic E-state index is 13.2. The van der Waals surface area contributed by atoms with Gasteiger partial charge in [0.25, 0.3) is 5.91 Å². The molecule has 3 rings (SSSR count). The van der Waals surface area contributed by atoms with Gasteiger partial charge in [-0.25, -0.2) is 0 Å². The molecular weight excluding hydrogens is 348 g/mol. The largest absolute Gasteiger partial charge is 0.497 e. The molecule has 0 aromatic heterocycles. The first-order valence-electron chi connectivity index (χ1n) is 9.30. The second-order valence-electron chi connectivity index (χ2n) is 6.94. The van der Waals surface area contributed by atoms with E-state index in [1.165, 1.54) is 0 Å². The minimum Gasteiger partial charge on any atom is -0.497 e. The van der Waals surface area contributed by atoms with Gasteiger partial charge >= 0.3 is 0 Å². The minimum absolute atomic E-state index is 0.00296. The van der Waals surface area contributed by atoms with Crippen molar-refractivity contribution in [3.8, 4) is 5.75 Å². The molecule has 0 saturated heterocycles. The van der Waals surface area contributed by atoms with Gasteiger partial charge in [-0.3, -0.25) is 4.79 Å². The van der Waals surface area contributed by atoms with Crippen LogP contribution in [0.3, 0.4) is 0 Å². The van der Waals surface area contributed by atoms with Crippen LogP contribution in [0.4, 0.5) is 5.69 Å². The van der Waals surface area contributed by atoms with E-state index in [1.807, 2.05) is 73.6 Å². The topological polar surface area (TPSA) is 32.8 Å². The van der Waals surface area contributed by atoms with E-state index in [0.29, 0.717) is 18.7 Å². The molecule has 1 amide bonds. The van der Waals surface area contributed by atoms with E-state index in [0.717, 1.165) is 22.6 Å². The van der Waals surface area contributed by atoms with Crippen LogP contribution in [0, 0.1) is 0 Å². The Balaban J connectivity index is 1.84. The van der Waals surface area contributed by atoms with Gasteiger partial charge in [0.15, 0.2) is 0 Å². The van der Waals surface area contributed by atoms with Crippen molar-refractivity contribution >= 4 is 11.6 Å². The van der Waals surface area contributed by atoms with Gasteiger partial charge in [0.2, 0.25) is 0 Å². The Hall–Kier alpha value is -3.27. The van der Waals surface area contributed by atoms with Crippen LogP contribution in [0.15, 0.2) is 78.9 Å². The molecule has 0 saturated carbocycles. The second-order valence-corrected chi connectivity index (χ2v) is 6.94. The molecule has 0 fully saturated rings. The highest BCUT2D eigenvalue weighted by atomic mass is 16.5. The fourth-order valence-electron chi connectivity index (χ4n) is 3.04. The number of benzene rings is 3. The molecule has 28 heavy (non-hydrogen) atoms. The lowest BCUT2D eigenvalue weighted by atomic mass is 10.1. The lowest BCUT2D eigenvalue weighted by Gasteiger charge is -2.24. The lowest BCUT2D eigenvalue weighted by Crippen LogP contribution is -2.30. The predicted octanol–water partition coefficient (Wildman–Crippen LogP) is 4.60. The van der Waals surface area contributed by atoms with Crippen LogP contribution in [0.2, 0.25) is 0 Å².